The van der Waals surface area contributed by atoms with Gasteiger partial charge in [0.05, 0.1) is 5.60 Å². The van der Waals surface area contributed by atoms with Crippen LogP contribution in [0.2, 0.25) is 0 Å². The molecule has 1 nitrogen and oxygen atoms in total. The van der Waals surface area contributed by atoms with Crippen molar-refractivity contribution in [3.63, 3.8) is 0 Å². The summed E-state index contributed by atoms with van der Waals surface area (Å²) in [6.07, 6.45) is 4.59. The molecular weight excluding hydrogens is 136 g/mol. The molecule has 0 aromatic rings. The van der Waals surface area contributed by atoms with Crippen LogP contribution < -0.4 is 0 Å². The van der Waals surface area contributed by atoms with Gasteiger partial charge >= 0.3 is 0 Å². The maximum atomic E-state index is 9.40. The molecule has 0 bridgehead atoms. The number of hydrogen-bond donors (Lipinski definition) is 1. The zero-order valence-corrected chi connectivity index (χ0v) is 8.35. The molecule has 1 atom stereocenters. The van der Waals surface area contributed by atoms with Crippen molar-refractivity contribution in [2.75, 3.05) is 0 Å². The SMILES string of the molecule is CC[C@H](C)CCCC(C)(C)O. The summed E-state index contributed by atoms with van der Waals surface area (Å²) in [5.41, 5.74) is -0.465. The fraction of sp³-hybridized carbons (Fsp3) is 1.00. The van der Waals surface area contributed by atoms with E-state index in [1.54, 1.807) is 0 Å². The van der Waals surface area contributed by atoms with Crippen LogP contribution in [0.15, 0.2) is 0 Å². The lowest BCUT2D eigenvalue weighted by Crippen LogP contribution is -2.18. The molecule has 0 aliphatic rings. The highest BCUT2D eigenvalue weighted by molar-refractivity contribution is 4.65. The van der Waals surface area contributed by atoms with Crippen molar-refractivity contribution >= 4 is 0 Å². The lowest BCUT2D eigenvalue weighted by molar-refractivity contribution is 0.0670. The molecule has 0 aromatic heterocycles. The van der Waals surface area contributed by atoms with Gasteiger partial charge in [0.1, 0.15) is 0 Å². The fourth-order valence-electron chi connectivity index (χ4n) is 1.09. The lowest BCUT2D eigenvalue weighted by atomic mass is 9.96. The summed E-state index contributed by atoms with van der Waals surface area (Å²) < 4.78 is 0. The fourth-order valence-corrected chi connectivity index (χ4v) is 1.09. The van der Waals surface area contributed by atoms with Gasteiger partial charge < -0.3 is 5.11 Å². The minimum Gasteiger partial charge on any atom is -0.390 e. The molecule has 0 aromatic carbocycles. The van der Waals surface area contributed by atoms with Crippen LogP contribution in [0.5, 0.6) is 0 Å². The Hall–Kier alpha value is -0.0400. The van der Waals surface area contributed by atoms with E-state index in [1.165, 1.54) is 12.8 Å². The molecule has 0 heterocycles. The molecule has 0 fully saturated rings. The highest BCUT2D eigenvalue weighted by Gasteiger charge is 2.11. The summed E-state index contributed by atoms with van der Waals surface area (Å²) >= 11 is 0. The van der Waals surface area contributed by atoms with E-state index < -0.39 is 5.60 Å². The summed E-state index contributed by atoms with van der Waals surface area (Å²) in [5.74, 6) is 0.817. The molecule has 0 aliphatic carbocycles. The van der Waals surface area contributed by atoms with Crippen molar-refractivity contribution in [3.05, 3.63) is 0 Å². The average Bonchev–Trinajstić information content (AvgIpc) is 1.85. The summed E-state index contributed by atoms with van der Waals surface area (Å²) in [4.78, 5) is 0. The highest BCUT2D eigenvalue weighted by atomic mass is 16.3. The van der Waals surface area contributed by atoms with Crippen LogP contribution in [-0.2, 0) is 0 Å². The van der Waals surface area contributed by atoms with Crippen LogP contribution in [0.3, 0.4) is 0 Å². The topological polar surface area (TPSA) is 20.2 Å². The zero-order valence-electron chi connectivity index (χ0n) is 8.35. The Labute approximate surface area is 70.8 Å². The quantitative estimate of drug-likeness (QED) is 0.652. The standard InChI is InChI=1S/C10H22O/c1-5-9(2)7-6-8-10(3,4)11/h9,11H,5-8H2,1-4H3/t9-/m0/s1. The van der Waals surface area contributed by atoms with Crippen LogP contribution in [0, 0.1) is 5.92 Å². The molecular formula is C10H22O. The minimum absolute atomic E-state index is 0.465. The van der Waals surface area contributed by atoms with Crippen molar-refractivity contribution in [2.45, 2.75) is 59.0 Å². The monoisotopic (exact) mass is 158 g/mol. The van der Waals surface area contributed by atoms with E-state index >= 15 is 0 Å². The number of hydrogen-bond acceptors (Lipinski definition) is 1. The molecule has 0 spiro atoms. The van der Waals surface area contributed by atoms with Gasteiger partial charge in [-0.05, 0) is 26.2 Å². The van der Waals surface area contributed by atoms with Gasteiger partial charge in [-0.3, -0.25) is 0 Å². The smallest absolute Gasteiger partial charge is 0.0591 e. The van der Waals surface area contributed by atoms with Crippen LogP contribution >= 0.6 is 0 Å². The maximum Gasteiger partial charge on any atom is 0.0591 e. The zero-order chi connectivity index (χ0) is 8.91. The van der Waals surface area contributed by atoms with Crippen molar-refractivity contribution in [1.82, 2.24) is 0 Å². The molecule has 1 heteroatoms. The van der Waals surface area contributed by atoms with Crippen LogP contribution in [0.25, 0.3) is 0 Å². The lowest BCUT2D eigenvalue weighted by Gasteiger charge is -2.17. The summed E-state index contributed by atoms with van der Waals surface area (Å²) in [5, 5.41) is 9.40. The third-order valence-electron chi connectivity index (χ3n) is 2.18. The van der Waals surface area contributed by atoms with Gasteiger partial charge in [0.2, 0.25) is 0 Å². The van der Waals surface area contributed by atoms with E-state index in [-0.39, 0.29) is 0 Å². The van der Waals surface area contributed by atoms with Gasteiger partial charge in [-0.2, -0.15) is 0 Å². The largest absolute Gasteiger partial charge is 0.390 e. The maximum absolute atomic E-state index is 9.40. The molecule has 0 rings (SSSR count). The average molecular weight is 158 g/mol. The second kappa shape index (κ2) is 4.76. The third-order valence-corrected chi connectivity index (χ3v) is 2.18. The van der Waals surface area contributed by atoms with Crippen molar-refractivity contribution in [2.24, 2.45) is 5.92 Å². The molecule has 0 radical (unpaired) electrons. The molecule has 0 saturated carbocycles. The van der Waals surface area contributed by atoms with E-state index in [4.69, 9.17) is 0 Å². The van der Waals surface area contributed by atoms with Crippen LogP contribution in [0.4, 0.5) is 0 Å². The predicted octanol–water partition coefficient (Wildman–Crippen LogP) is 2.97. The second-order valence-corrected chi connectivity index (χ2v) is 4.22. The Bertz CT molecular complexity index is 91.5. The van der Waals surface area contributed by atoms with Gasteiger partial charge in [-0.25, -0.2) is 0 Å². The van der Waals surface area contributed by atoms with Crippen molar-refractivity contribution in [1.29, 1.82) is 0 Å². The Kier molecular flexibility index (Phi) is 4.74. The van der Waals surface area contributed by atoms with E-state index in [2.05, 4.69) is 13.8 Å². The van der Waals surface area contributed by atoms with E-state index in [0.717, 1.165) is 18.8 Å². The normalized spacial score (nSPS) is 15.0. The number of aliphatic hydroxyl groups is 1. The third kappa shape index (κ3) is 7.86. The Balaban J connectivity index is 3.28. The molecule has 0 amide bonds. The van der Waals surface area contributed by atoms with E-state index in [0.29, 0.717) is 0 Å². The molecule has 0 aliphatic heterocycles. The van der Waals surface area contributed by atoms with Crippen molar-refractivity contribution < 1.29 is 5.11 Å². The number of rotatable bonds is 5. The van der Waals surface area contributed by atoms with Crippen molar-refractivity contribution in [3.8, 4) is 0 Å². The first kappa shape index (κ1) is 11.0. The van der Waals surface area contributed by atoms with Gasteiger partial charge in [-0.15, -0.1) is 0 Å². The summed E-state index contributed by atoms with van der Waals surface area (Å²) in [6, 6.07) is 0. The van der Waals surface area contributed by atoms with E-state index in [1.807, 2.05) is 13.8 Å². The second-order valence-electron chi connectivity index (χ2n) is 4.22. The molecule has 68 valence electrons. The minimum atomic E-state index is -0.465. The first-order valence-electron chi connectivity index (χ1n) is 4.68. The molecule has 0 saturated heterocycles. The van der Waals surface area contributed by atoms with Crippen LogP contribution in [-0.4, -0.2) is 10.7 Å². The Morgan fingerprint density at radius 1 is 1.36 bits per heavy atom. The van der Waals surface area contributed by atoms with Gasteiger partial charge in [0.25, 0.3) is 0 Å². The predicted molar refractivity (Wildman–Crippen MR) is 49.6 cm³/mol. The van der Waals surface area contributed by atoms with Gasteiger partial charge in [-0.1, -0.05) is 33.1 Å². The first-order chi connectivity index (χ1) is 4.95. The van der Waals surface area contributed by atoms with E-state index in [9.17, 15) is 5.11 Å². The highest BCUT2D eigenvalue weighted by Crippen LogP contribution is 2.16. The molecule has 11 heavy (non-hydrogen) atoms. The summed E-state index contributed by atoms with van der Waals surface area (Å²) in [7, 11) is 0. The summed E-state index contributed by atoms with van der Waals surface area (Å²) in [6.45, 7) is 8.24. The Morgan fingerprint density at radius 2 is 1.91 bits per heavy atom. The molecule has 1 N–H and O–H groups in total. The van der Waals surface area contributed by atoms with Crippen LogP contribution in [0.1, 0.15) is 53.4 Å². The van der Waals surface area contributed by atoms with Gasteiger partial charge in [0, 0.05) is 0 Å². The Morgan fingerprint density at radius 3 is 2.27 bits per heavy atom. The molecule has 0 unspecified atom stereocenters. The van der Waals surface area contributed by atoms with Gasteiger partial charge in [0.15, 0.2) is 0 Å². The first-order valence-corrected chi connectivity index (χ1v) is 4.68.